The van der Waals surface area contributed by atoms with E-state index < -0.39 is 39.8 Å². The van der Waals surface area contributed by atoms with Gasteiger partial charge in [0.05, 0.1) is 0 Å². The third-order valence-corrected chi connectivity index (χ3v) is 3.38. The molecule has 1 unspecified atom stereocenters. The molecular formula is C11H18F7NO3S. The monoisotopic (exact) mass is 377 g/mol. The molecule has 0 aliphatic carbocycles. The van der Waals surface area contributed by atoms with E-state index in [4.69, 9.17) is 10.3 Å². The fourth-order valence-corrected chi connectivity index (χ4v) is 1.58. The molecule has 0 aliphatic heterocycles. The number of halogens is 7. The van der Waals surface area contributed by atoms with Crippen LogP contribution in [0.15, 0.2) is 12.7 Å². The Hall–Kier alpha value is -0.880. The summed E-state index contributed by atoms with van der Waals surface area (Å²) in [6, 6.07) is 0. The highest BCUT2D eigenvalue weighted by atomic mass is 32.2. The Morgan fingerprint density at radius 3 is 1.87 bits per heavy atom. The van der Waals surface area contributed by atoms with Crippen molar-refractivity contribution in [2.24, 2.45) is 5.73 Å². The Bertz CT molecular complexity index is 468. The molecule has 0 aromatic rings. The molecule has 0 amide bonds. The van der Waals surface area contributed by atoms with Crippen molar-refractivity contribution in [3.8, 4) is 0 Å². The van der Waals surface area contributed by atoms with Crippen molar-refractivity contribution in [1.29, 1.82) is 0 Å². The van der Waals surface area contributed by atoms with E-state index in [0.717, 1.165) is 0 Å². The van der Waals surface area contributed by atoms with Gasteiger partial charge in [-0.1, -0.05) is 25.8 Å². The molecule has 0 aliphatic rings. The fraction of sp³-hybridized carbons (Fsp3) is 0.818. The van der Waals surface area contributed by atoms with E-state index >= 15 is 0 Å². The molecule has 0 radical (unpaired) electrons. The molecule has 0 bridgehead atoms. The molecule has 0 rings (SSSR count). The van der Waals surface area contributed by atoms with Gasteiger partial charge < -0.3 is 5.73 Å². The van der Waals surface area contributed by atoms with Crippen LogP contribution < -0.4 is 5.73 Å². The third kappa shape index (κ3) is 5.60. The second-order valence-electron chi connectivity index (χ2n) is 4.32. The van der Waals surface area contributed by atoms with Crippen LogP contribution in [0.1, 0.15) is 26.2 Å². The number of nitrogens with two attached hydrogens (primary N) is 1. The van der Waals surface area contributed by atoms with Crippen molar-refractivity contribution in [3.05, 3.63) is 12.7 Å². The zero-order chi connectivity index (χ0) is 19.1. The second kappa shape index (κ2) is 8.83. The molecule has 0 saturated heterocycles. The maximum absolute atomic E-state index is 13.0. The summed E-state index contributed by atoms with van der Waals surface area (Å²) in [6.07, 6.45) is -3.32. The summed E-state index contributed by atoms with van der Waals surface area (Å²) in [6.45, 7) is 5.35. The van der Waals surface area contributed by atoms with Crippen molar-refractivity contribution < 1.29 is 43.7 Å². The molecule has 0 saturated carbocycles. The standard InChI is InChI=1S/C8H11F7O3S.C3H7N/c1-2-3-4-5(9)6(10,11)7(12,13)8(14,15)19(16,17)18;1-2-3-4/h5H,2-4H2,1H3,(H,16,17,18);2H,1,3-4H2. The summed E-state index contributed by atoms with van der Waals surface area (Å²) in [5.74, 6) is -12.5. The molecule has 0 aromatic heterocycles. The van der Waals surface area contributed by atoms with Crippen LogP contribution in [-0.2, 0) is 10.1 Å². The summed E-state index contributed by atoms with van der Waals surface area (Å²) in [5, 5.41) is -6.50. The van der Waals surface area contributed by atoms with E-state index in [0.29, 0.717) is 6.54 Å². The molecule has 140 valence electrons. The second-order valence-corrected chi connectivity index (χ2v) is 5.79. The van der Waals surface area contributed by atoms with E-state index in [1.807, 2.05) is 0 Å². The first-order valence-electron chi connectivity index (χ1n) is 6.20. The van der Waals surface area contributed by atoms with Crippen molar-refractivity contribution in [3.63, 3.8) is 0 Å². The van der Waals surface area contributed by atoms with Gasteiger partial charge in [-0.15, -0.1) is 6.58 Å². The third-order valence-electron chi connectivity index (χ3n) is 2.48. The van der Waals surface area contributed by atoms with Gasteiger partial charge in [0.1, 0.15) is 0 Å². The Morgan fingerprint density at radius 2 is 1.61 bits per heavy atom. The van der Waals surface area contributed by atoms with Gasteiger partial charge in [-0.05, 0) is 6.42 Å². The van der Waals surface area contributed by atoms with Crippen molar-refractivity contribution in [1.82, 2.24) is 0 Å². The zero-order valence-corrected chi connectivity index (χ0v) is 12.9. The van der Waals surface area contributed by atoms with Crippen LogP contribution in [0, 0.1) is 0 Å². The van der Waals surface area contributed by atoms with Gasteiger partial charge in [-0.2, -0.15) is 34.8 Å². The lowest BCUT2D eigenvalue weighted by atomic mass is 10.0. The normalized spacial score (nSPS) is 14.7. The first-order valence-corrected chi connectivity index (χ1v) is 7.64. The zero-order valence-electron chi connectivity index (χ0n) is 12.1. The van der Waals surface area contributed by atoms with Gasteiger partial charge in [0.2, 0.25) is 0 Å². The molecule has 4 nitrogen and oxygen atoms in total. The maximum atomic E-state index is 13.0. The quantitative estimate of drug-likeness (QED) is 0.386. The SMILES string of the molecule is C=CCN.CCCCC(F)C(F)(F)C(F)(F)C(F)(F)S(=O)(=O)O. The molecule has 23 heavy (non-hydrogen) atoms. The summed E-state index contributed by atoms with van der Waals surface area (Å²) < 4.78 is 118. The van der Waals surface area contributed by atoms with Gasteiger partial charge in [0.25, 0.3) is 0 Å². The van der Waals surface area contributed by atoms with Crippen LogP contribution in [0.2, 0.25) is 0 Å². The van der Waals surface area contributed by atoms with Crippen molar-refractivity contribution in [2.75, 3.05) is 6.54 Å². The van der Waals surface area contributed by atoms with Crippen LogP contribution in [0.5, 0.6) is 0 Å². The molecule has 3 N–H and O–H groups in total. The van der Waals surface area contributed by atoms with Crippen LogP contribution in [0.4, 0.5) is 30.7 Å². The van der Waals surface area contributed by atoms with Gasteiger partial charge in [0, 0.05) is 6.54 Å². The van der Waals surface area contributed by atoms with Gasteiger partial charge in [-0.25, -0.2) is 4.39 Å². The summed E-state index contributed by atoms with van der Waals surface area (Å²) >= 11 is 0. The van der Waals surface area contributed by atoms with Crippen molar-refractivity contribution >= 4 is 10.1 Å². The lowest BCUT2D eigenvalue weighted by molar-refractivity contribution is -0.300. The minimum absolute atomic E-state index is 0.136. The van der Waals surface area contributed by atoms with Crippen LogP contribution >= 0.6 is 0 Å². The average Bonchev–Trinajstić information content (AvgIpc) is 2.43. The Kier molecular flexibility index (Phi) is 9.36. The maximum Gasteiger partial charge on any atom is 0.438 e. The van der Waals surface area contributed by atoms with E-state index in [1.165, 1.54) is 6.92 Å². The minimum Gasteiger partial charge on any atom is -0.327 e. The topological polar surface area (TPSA) is 80.4 Å². The molecule has 12 heteroatoms. The van der Waals surface area contributed by atoms with E-state index in [2.05, 4.69) is 6.58 Å². The van der Waals surface area contributed by atoms with Gasteiger partial charge in [-0.3, -0.25) is 4.55 Å². The Balaban J connectivity index is 0. The highest BCUT2D eigenvalue weighted by Gasteiger charge is 2.79. The number of rotatable bonds is 8. The van der Waals surface area contributed by atoms with E-state index in [1.54, 1.807) is 6.08 Å². The van der Waals surface area contributed by atoms with Gasteiger partial charge >= 0.3 is 27.2 Å². The summed E-state index contributed by atoms with van der Waals surface area (Å²) in [5.41, 5.74) is 4.91. The molecule has 0 spiro atoms. The predicted octanol–water partition coefficient (Wildman–Crippen LogP) is 3.40. The number of hydrogen-bond donors (Lipinski definition) is 2. The van der Waals surface area contributed by atoms with Gasteiger partial charge in [0.15, 0.2) is 6.17 Å². The molecule has 0 heterocycles. The number of unbranched alkanes of at least 4 members (excludes halogenated alkanes) is 1. The first-order chi connectivity index (χ1) is 10.1. The lowest BCUT2D eigenvalue weighted by Crippen LogP contribution is -2.61. The number of alkyl halides is 7. The van der Waals surface area contributed by atoms with Crippen molar-refractivity contribution in [2.45, 2.75) is 49.5 Å². The molecule has 0 aromatic carbocycles. The predicted molar refractivity (Wildman–Crippen MR) is 70.1 cm³/mol. The lowest BCUT2D eigenvalue weighted by Gasteiger charge is -2.32. The first kappa shape index (κ1) is 24.4. The fourth-order valence-electron chi connectivity index (χ4n) is 1.12. The van der Waals surface area contributed by atoms with E-state index in [-0.39, 0.29) is 12.8 Å². The summed E-state index contributed by atoms with van der Waals surface area (Å²) in [7, 11) is -6.83. The summed E-state index contributed by atoms with van der Waals surface area (Å²) in [4.78, 5) is 0. The largest absolute Gasteiger partial charge is 0.438 e. The number of hydrogen-bond acceptors (Lipinski definition) is 3. The Labute approximate surface area is 129 Å². The van der Waals surface area contributed by atoms with Crippen LogP contribution in [-0.4, -0.2) is 42.8 Å². The Morgan fingerprint density at radius 1 is 1.22 bits per heavy atom. The molecule has 0 fully saturated rings. The highest BCUT2D eigenvalue weighted by molar-refractivity contribution is 7.87. The van der Waals surface area contributed by atoms with Crippen LogP contribution in [0.3, 0.4) is 0 Å². The van der Waals surface area contributed by atoms with E-state index in [9.17, 15) is 39.2 Å². The average molecular weight is 377 g/mol. The van der Waals surface area contributed by atoms with Crippen LogP contribution in [0.25, 0.3) is 0 Å². The smallest absolute Gasteiger partial charge is 0.327 e. The minimum atomic E-state index is -6.83. The molecular weight excluding hydrogens is 359 g/mol. The molecule has 1 atom stereocenters. The highest BCUT2D eigenvalue weighted by Crippen LogP contribution is 2.50.